The van der Waals surface area contributed by atoms with Crippen LogP contribution in [0.25, 0.3) is 0 Å². The van der Waals surface area contributed by atoms with Crippen LogP contribution in [-0.2, 0) is 23.6 Å². The van der Waals surface area contributed by atoms with Crippen LogP contribution in [0.1, 0.15) is 48.2 Å². The molecular weight excluding hydrogens is 508 g/mol. The first-order chi connectivity index (χ1) is 17.4. The number of halogens is 6. The number of carbonyl (C=O) groups is 1. The zero-order valence-corrected chi connectivity index (χ0v) is 19.9. The maximum absolute atomic E-state index is 13.4. The van der Waals surface area contributed by atoms with Gasteiger partial charge < -0.3 is 9.80 Å². The van der Waals surface area contributed by atoms with Crippen molar-refractivity contribution in [1.82, 2.24) is 30.0 Å². The van der Waals surface area contributed by atoms with Crippen LogP contribution in [0, 0.1) is 0 Å². The van der Waals surface area contributed by atoms with Crippen LogP contribution in [0.4, 0.5) is 32.3 Å². The standard InChI is InChI=1S/C22H25F6N7O2/c1-2-33(15-4-3-14-17(22(26,27)28)19(37)32-31-18(14)15)6-5-16(36)34-7-9-35(10-8-34)20-29-11-13(12-30-20)21(23,24)25/h11-12,15H,2-10H2,1H3,(H,32,37)/t15-/m1/s1. The van der Waals surface area contributed by atoms with E-state index < -0.39 is 35.1 Å². The molecule has 1 fully saturated rings. The number of alkyl halides is 6. The van der Waals surface area contributed by atoms with Crippen molar-refractivity contribution in [1.29, 1.82) is 0 Å². The largest absolute Gasteiger partial charge is 0.422 e. The molecule has 0 spiro atoms. The van der Waals surface area contributed by atoms with E-state index in [0.717, 1.165) is 12.4 Å². The van der Waals surface area contributed by atoms with Crippen LogP contribution in [0.15, 0.2) is 17.2 Å². The topological polar surface area (TPSA) is 98.3 Å². The van der Waals surface area contributed by atoms with Gasteiger partial charge in [0.25, 0.3) is 5.56 Å². The van der Waals surface area contributed by atoms with Gasteiger partial charge >= 0.3 is 12.4 Å². The number of aromatic nitrogens is 4. The summed E-state index contributed by atoms with van der Waals surface area (Å²) < 4.78 is 78.3. The SMILES string of the molecule is CCN(CCC(=O)N1CCN(c2ncc(C(F)(F)F)cn2)CC1)[C@@H]1CCc2c1n[nH]c(=O)c2C(F)(F)F. The third-order valence-electron chi connectivity index (χ3n) is 6.72. The van der Waals surface area contributed by atoms with Gasteiger partial charge in [-0.25, -0.2) is 15.1 Å². The lowest BCUT2D eigenvalue weighted by atomic mass is 10.1. The molecule has 0 unspecified atom stereocenters. The van der Waals surface area contributed by atoms with E-state index in [0.29, 0.717) is 45.7 Å². The second kappa shape index (κ2) is 10.3. The van der Waals surface area contributed by atoms with E-state index in [-0.39, 0.29) is 36.0 Å². The Kier molecular flexibility index (Phi) is 7.44. The highest BCUT2D eigenvalue weighted by molar-refractivity contribution is 5.76. The molecule has 0 saturated carbocycles. The van der Waals surface area contributed by atoms with E-state index in [4.69, 9.17) is 0 Å². The van der Waals surface area contributed by atoms with Crippen molar-refractivity contribution >= 4 is 11.9 Å². The van der Waals surface area contributed by atoms with Gasteiger partial charge in [0.05, 0.1) is 17.3 Å². The third-order valence-corrected chi connectivity index (χ3v) is 6.72. The van der Waals surface area contributed by atoms with Gasteiger partial charge in [0.1, 0.15) is 5.56 Å². The average Bonchev–Trinajstić information content (AvgIpc) is 3.26. The lowest BCUT2D eigenvalue weighted by Crippen LogP contribution is -2.49. The van der Waals surface area contributed by atoms with Crippen molar-refractivity contribution in [2.24, 2.45) is 0 Å². The number of hydrogen-bond donors (Lipinski definition) is 1. The minimum atomic E-state index is -4.78. The molecule has 37 heavy (non-hydrogen) atoms. The summed E-state index contributed by atoms with van der Waals surface area (Å²) in [5, 5.41) is 5.86. The number of carbonyl (C=O) groups excluding carboxylic acids is 1. The van der Waals surface area contributed by atoms with E-state index >= 15 is 0 Å². The Morgan fingerprint density at radius 1 is 1.08 bits per heavy atom. The molecule has 1 saturated heterocycles. The zero-order chi connectivity index (χ0) is 27.0. The van der Waals surface area contributed by atoms with E-state index in [1.165, 1.54) is 0 Å². The van der Waals surface area contributed by atoms with Gasteiger partial charge in [-0.1, -0.05) is 6.92 Å². The van der Waals surface area contributed by atoms with Crippen LogP contribution in [0.2, 0.25) is 0 Å². The number of rotatable bonds is 6. The third kappa shape index (κ3) is 5.70. The average molecular weight is 533 g/mol. The van der Waals surface area contributed by atoms with E-state index in [9.17, 15) is 35.9 Å². The molecule has 2 aliphatic rings. The normalized spacial score (nSPS) is 18.4. The van der Waals surface area contributed by atoms with Gasteiger partial charge in [-0.15, -0.1) is 0 Å². The molecule has 4 rings (SSSR count). The molecule has 1 N–H and O–H groups in total. The molecule has 1 aliphatic carbocycles. The van der Waals surface area contributed by atoms with Crippen molar-refractivity contribution in [3.05, 3.63) is 45.1 Å². The number of amides is 1. The Bertz CT molecular complexity index is 1170. The van der Waals surface area contributed by atoms with Crippen molar-refractivity contribution in [2.45, 2.75) is 44.6 Å². The molecule has 9 nitrogen and oxygen atoms in total. The molecule has 2 aromatic heterocycles. The van der Waals surface area contributed by atoms with Gasteiger partial charge in [0, 0.05) is 51.5 Å². The van der Waals surface area contributed by atoms with E-state index in [2.05, 4.69) is 15.1 Å². The van der Waals surface area contributed by atoms with Crippen LogP contribution in [0.3, 0.4) is 0 Å². The van der Waals surface area contributed by atoms with Crippen LogP contribution >= 0.6 is 0 Å². The summed E-state index contributed by atoms with van der Waals surface area (Å²) in [6.07, 6.45) is -7.29. The molecule has 3 heterocycles. The first-order valence-electron chi connectivity index (χ1n) is 11.7. The van der Waals surface area contributed by atoms with Crippen molar-refractivity contribution in [3.63, 3.8) is 0 Å². The minimum Gasteiger partial charge on any atom is -0.339 e. The maximum atomic E-state index is 13.4. The number of fused-ring (bicyclic) bond motifs is 1. The summed E-state index contributed by atoms with van der Waals surface area (Å²) in [7, 11) is 0. The fourth-order valence-electron chi connectivity index (χ4n) is 4.82. The highest BCUT2D eigenvalue weighted by Crippen LogP contribution is 2.39. The van der Waals surface area contributed by atoms with Gasteiger partial charge in [-0.05, 0) is 24.9 Å². The quantitative estimate of drug-likeness (QED) is 0.571. The summed E-state index contributed by atoms with van der Waals surface area (Å²) in [6, 6.07) is -0.445. The van der Waals surface area contributed by atoms with Crippen molar-refractivity contribution < 1.29 is 31.1 Å². The van der Waals surface area contributed by atoms with Crippen molar-refractivity contribution in [2.75, 3.05) is 44.2 Å². The lowest BCUT2D eigenvalue weighted by molar-refractivity contribution is -0.139. The predicted molar refractivity (Wildman–Crippen MR) is 119 cm³/mol. The number of aromatic amines is 1. The molecule has 1 amide bonds. The van der Waals surface area contributed by atoms with Gasteiger partial charge in [-0.3, -0.25) is 14.5 Å². The smallest absolute Gasteiger partial charge is 0.339 e. The summed E-state index contributed by atoms with van der Waals surface area (Å²) in [5.74, 6) is 0.0102. The van der Waals surface area contributed by atoms with Crippen LogP contribution in [0.5, 0.6) is 0 Å². The number of nitrogens with one attached hydrogen (secondary N) is 1. The van der Waals surface area contributed by atoms with Gasteiger partial charge in [-0.2, -0.15) is 31.4 Å². The van der Waals surface area contributed by atoms with Gasteiger partial charge in [0.15, 0.2) is 0 Å². The number of anilines is 1. The molecule has 202 valence electrons. The Labute approximate surface area is 207 Å². The molecule has 1 atom stereocenters. The highest BCUT2D eigenvalue weighted by Gasteiger charge is 2.42. The summed E-state index contributed by atoms with van der Waals surface area (Å²) >= 11 is 0. The first kappa shape index (κ1) is 26.8. The van der Waals surface area contributed by atoms with Crippen molar-refractivity contribution in [3.8, 4) is 0 Å². The second-order valence-corrected chi connectivity index (χ2v) is 8.86. The molecule has 1 aliphatic heterocycles. The Morgan fingerprint density at radius 3 is 2.30 bits per heavy atom. The molecule has 0 aromatic carbocycles. The minimum absolute atomic E-state index is 0.0736. The first-order valence-corrected chi connectivity index (χ1v) is 11.7. The Morgan fingerprint density at radius 2 is 1.73 bits per heavy atom. The van der Waals surface area contributed by atoms with E-state index in [1.807, 2.05) is 16.9 Å². The molecule has 0 radical (unpaired) electrons. The van der Waals surface area contributed by atoms with Crippen LogP contribution in [-0.4, -0.2) is 75.1 Å². The summed E-state index contributed by atoms with van der Waals surface area (Å²) in [4.78, 5) is 37.4. The molecular formula is C22H25F6N7O2. The fourth-order valence-corrected chi connectivity index (χ4v) is 4.82. The monoisotopic (exact) mass is 533 g/mol. The summed E-state index contributed by atoms with van der Waals surface area (Å²) in [5.41, 5.74) is -3.31. The number of H-pyrrole nitrogens is 1. The highest BCUT2D eigenvalue weighted by atomic mass is 19.4. The molecule has 2 aromatic rings. The fraction of sp³-hybridized carbons (Fsp3) is 0.591. The lowest BCUT2D eigenvalue weighted by Gasteiger charge is -2.35. The molecule has 15 heteroatoms. The predicted octanol–water partition coefficient (Wildman–Crippen LogP) is 2.65. The van der Waals surface area contributed by atoms with E-state index in [1.54, 1.807) is 9.80 Å². The number of nitrogens with zero attached hydrogens (tertiary/aromatic N) is 6. The maximum Gasteiger partial charge on any atom is 0.422 e. The number of piperazine rings is 1. The summed E-state index contributed by atoms with van der Waals surface area (Å²) in [6.45, 7) is 3.97. The Balaban J connectivity index is 1.33. The zero-order valence-electron chi connectivity index (χ0n) is 19.9. The number of hydrogen-bond acceptors (Lipinski definition) is 7. The van der Waals surface area contributed by atoms with Gasteiger partial charge in [0.2, 0.25) is 11.9 Å². The second-order valence-electron chi connectivity index (χ2n) is 8.86. The Hall–Kier alpha value is -3.23. The molecule has 0 bridgehead atoms. The van der Waals surface area contributed by atoms with Crippen LogP contribution < -0.4 is 10.5 Å².